The summed E-state index contributed by atoms with van der Waals surface area (Å²) in [6, 6.07) is 19.9. The van der Waals surface area contributed by atoms with Crippen LogP contribution in [-0.4, -0.2) is 149 Å². The van der Waals surface area contributed by atoms with Gasteiger partial charge < -0.3 is 36.0 Å². The second kappa shape index (κ2) is 23.7. The van der Waals surface area contributed by atoms with E-state index in [9.17, 15) is 29.4 Å². The van der Waals surface area contributed by atoms with Crippen molar-refractivity contribution in [2.24, 2.45) is 23.2 Å². The monoisotopic (exact) mass is 1110 g/mol. The number of aryl methyl sites for hydroxylation is 1. The number of amides is 3. The largest absolute Gasteiger partial charge is 0.391 e. The summed E-state index contributed by atoms with van der Waals surface area (Å²) in [5.74, 6) is 1.80. The maximum absolute atomic E-state index is 14.2. The van der Waals surface area contributed by atoms with Crippen molar-refractivity contribution in [3.8, 4) is 16.3 Å². The summed E-state index contributed by atoms with van der Waals surface area (Å²) in [5.41, 5.74) is 5.55. The molecule has 4 fully saturated rings. The van der Waals surface area contributed by atoms with Crippen LogP contribution in [0.3, 0.4) is 0 Å². The number of aliphatic hydroxyl groups is 2. The molecule has 6 aromatic rings. The maximum Gasteiger partial charge on any atom is 0.278 e. The number of aliphatic hydroxyl groups excluding tert-OH is 1. The number of nitrogens with zero attached hydrogens (tertiary/aromatic N) is 10. The van der Waals surface area contributed by atoms with Gasteiger partial charge in [0.15, 0.2) is 11.5 Å². The van der Waals surface area contributed by atoms with Crippen molar-refractivity contribution < 1.29 is 24.6 Å². The zero-order valence-corrected chi connectivity index (χ0v) is 47.8. The molecule has 5 N–H and O–H groups in total. The van der Waals surface area contributed by atoms with Crippen molar-refractivity contribution in [3.05, 3.63) is 118 Å². The third-order valence-electron chi connectivity index (χ3n) is 16.6. The minimum absolute atomic E-state index is 0.0339. The van der Waals surface area contributed by atoms with Crippen molar-refractivity contribution in [3.63, 3.8) is 0 Å². The van der Waals surface area contributed by atoms with Crippen molar-refractivity contribution in [1.29, 1.82) is 0 Å². The molecule has 19 nitrogen and oxygen atoms in total. The average molecular weight is 1110 g/mol. The number of pyridine rings is 1. The Morgan fingerprint density at radius 3 is 2.26 bits per heavy atom. The Morgan fingerprint density at radius 1 is 0.875 bits per heavy atom. The lowest BCUT2D eigenvalue weighted by atomic mass is 9.73. The predicted molar refractivity (Wildman–Crippen MR) is 312 cm³/mol. The lowest BCUT2D eigenvalue weighted by Crippen LogP contribution is -2.60. The summed E-state index contributed by atoms with van der Waals surface area (Å²) in [6.07, 6.45) is 7.34. The van der Waals surface area contributed by atoms with Crippen molar-refractivity contribution >= 4 is 57.4 Å². The fourth-order valence-corrected chi connectivity index (χ4v) is 12.8. The van der Waals surface area contributed by atoms with Crippen LogP contribution in [-0.2, 0) is 33.1 Å². The van der Waals surface area contributed by atoms with Crippen LogP contribution in [0.4, 0.5) is 17.3 Å². The van der Waals surface area contributed by atoms with Crippen LogP contribution < -0.4 is 26.4 Å². The Kier molecular flexibility index (Phi) is 16.7. The van der Waals surface area contributed by atoms with Gasteiger partial charge in [-0.3, -0.25) is 29.0 Å². The van der Waals surface area contributed by atoms with Crippen LogP contribution in [0, 0.1) is 30.1 Å². The van der Waals surface area contributed by atoms with E-state index in [0.717, 1.165) is 78.9 Å². The number of hydrogen-bond donors (Lipinski definition) is 5. The number of nitrogens with one attached hydrogen (secondary N) is 3. The van der Waals surface area contributed by atoms with Gasteiger partial charge in [0.05, 0.1) is 41.0 Å². The van der Waals surface area contributed by atoms with E-state index >= 15 is 0 Å². The van der Waals surface area contributed by atoms with E-state index in [2.05, 4.69) is 64.3 Å². The molecule has 2 aromatic carbocycles. The number of benzene rings is 2. The standard InChI is InChI=1S/C60H77N13O6S/c1-8-24-72-56(77)47-31-62-58(67-54(47)73(72)50-11-9-10-49(65-50)60(6,7)79)64-44-20-22-45(23-21-44)70-27-25-68(26-28-70)32-40-14-16-41(17-15-40)43-33-69(34-43)36-51(75)66-53(59(3,4)5)57(78)71-35-46(74)29-48(71)55(76)61-30-39-12-18-42(19-13-39)52-38(2)63-37-80-52/h8-13,18-23,31,37,40-41,43,46,48,53,74,79H,1,14-17,24-30,32-36H2,2-7H3,(H,61,76)(H,66,75)(H,62,64,67)/t40?,41?,46-,48+,53-/m1/s1. The first kappa shape index (κ1) is 56.4. The smallest absolute Gasteiger partial charge is 0.278 e. The molecule has 3 saturated heterocycles. The first-order valence-corrected chi connectivity index (χ1v) is 29.1. The highest BCUT2D eigenvalue weighted by molar-refractivity contribution is 7.13. The molecule has 1 saturated carbocycles. The van der Waals surface area contributed by atoms with Gasteiger partial charge in [0.1, 0.15) is 23.1 Å². The number of piperazine rings is 1. The molecule has 10 rings (SSSR count). The molecule has 4 aliphatic rings. The van der Waals surface area contributed by atoms with E-state index in [-0.39, 0.29) is 55.9 Å². The highest BCUT2D eigenvalue weighted by Gasteiger charge is 2.45. The topological polar surface area (TPSA) is 219 Å². The second-order valence-electron chi connectivity index (χ2n) is 24.0. The molecule has 20 heteroatoms. The SMILES string of the molecule is C=CCn1c(=O)c2cnc(Nc3ccc(N4CCN(CC5CCC(C6CN(CC(=O)N[C@H](C(=O)N7C[C@H](O)C[C@H]7C(=O)NCc7ccc(-c8scnc8C)cc7)C(C)(C)C)C6)CC5)CC4)cc3)nc2n1-c1cccc(C(C)(C)O)n1. The Hall–Kier alpha value is -6.84. The van der Waals surface area contributed by atoms with Gasteiger partial charge in [0, 0.05) is 82.9 Å². The number of rotatable bonds is 18. The fraction of sp³-hybridized carbons (Fsp3) is 0.500. The van der Waals surface area contributed by atoms with Gasteiger partial charge >= 0.3 is 0 Å². The van der Waals surface area contributed by atoms with Crippen LogP contribution in [0.2, 0.25) is 0 Å². The minimum atomic E-state index is -1.18. The molecule has 4 aromatic heterocycles. The van der Waals surface area contributed by atoms with Crippen molar-refractivity contribution in [2.75, 3.05) is 69.1 Å². The minimum Gasteiger partial charge on any atom is -0.391 e. The molecule has 0 unspecified atom stereocenters. The van der Waals surface area contributed by atoms with Gasteiger partial charge in [-0.25, -0.2) is 24.3 Å². The molecule has 80 heavy (non-hydrogen) atoms. The number of fused-ring (bicyclic) bond motifs is 1. The number of aromatic nitrogens is 6. The number of β-amino-alcohol motifs (C(OH)–C–C–N with tert-alkyl or cyclic N) is 1. The molecule has 424 valence electrons. The van der Waals surface area contributed by atoms with Crippen LogP contribution in [0.25, 0.3) is 27.3 Å². The van der Waals surface area contributed by atoms with Gasteiger partial charge in [-0.15, -0.1) is 17.9 Å². The number of allylic oxidation sites excluding steroid dienone is 1. The van der Waals surface area contributed by atoms with Crippen LogP contribution in [0.15, 0.2) is 95.9 Å². The van der Waals surface area contributed by atoms with E-state index in [4.69, 9.17) is 4.98 Å². The van der Waals surface area contributed by atoms with Gasteiger partial charge in [-0.2, -0.15) is 4.98 Å². The number of hydrogen-bond acceptors (Lipinski definition) is 15. The molecule has 1 aliphatic carbocycles. The van der Waals surface area contributed by atoms with Gasteiger partial charge in [0.2, 0.25) is 23.7 Å². The number of anilines is 3. The number of likely N-dealkylation sites (tertiary alicyclic amines) is 2. The number of carbonyl (C=O) groups is 3. The quantitative estimate of drug-likeness (QED) is 0.0603. The van der Waals surface area contributed by atoms with Crippen LogP contribution in [0.1, 0.15) is 83.7 Å². The first-order chi connectivity index (χ1) is 38.3. The van der Waals surface area contributed by atoms with E-state index in [1.165, 1.54) is 41.5 Å². The molecule has 0 bridgehead atoms. The molecule has 0 spiro atoms. The first-order valence-electron chi connectivity index (χ1n) is 28.2. The summed E-state index contributed by atoms with van der Waals surface area (Å²) < 4.78 is 3.16. The molecule has 0 radical (unpaired) electrons. The Bertz CT molecular complexity index is 3230. The highest BCUT2D eigenvalue weighted by Crippen LogP contribution is 2.38. The fourth-order valence-electron chi connectivity index (χ4n) is 12.0. The van der Waals surface area contributed by atoms with Crippen LogP contribution >= 0.6 is 11.3 Å². The van der Waals surface area contributed by atoms with Crippen molar-refractivity contribution in [1.82, 2.24) is 54.6 Å². The van der Waals surface area contributed by atoms with E-state index < -0.39 is 29.2 Å². The van der Waals surface area contributed by atoms with E-state index in [0.29, 0.717) is 46.2 Å². The van der Waals surface area contributed by atoms with E-state index in [1.54, 1.807) is 54.1 Å². The summed E-state index contributed by atoms with van der Waals surface area (Å²) in [7, 11) is 0. The summed E-state index contributed by atoms with van der Waals surface area (Å²) in [4.78, 5) is 83.0. The highest BCUT2D eigenvalue weighted by atomic mass is 32.1. The number of thiazole rings is 1. The summed E-state index contributed by atoms with van der Waals surface area (Å²) >= 11 is 1.59. The lowest BCUT2D eigenvalue weighted by molar-refractivity contribution is -0.144. The second-order valence-corrected chi connectivity index (χ2v) is 24.9. The van der Waals surface area contributed by atoms with Gasteiger partial charge in [-0.05, 0) is 117 Å². The summed E-state index contributed by atoms with van der Waals surface area (Å²) in [6.45, 7) is 22.5. The zero-order chi connectivity index (χ0) is 56.5. The lowest BCUT2D eigenvalue weighted by Gasteiger charge is -2.46. The van der Waals surface area contributed by atoms with E-state index in [1.807, 2.05) is 69.6 Å². The maximum atomic E-state index is 14.2. The van der Waals surface area contributed by atoms with Gasteiger partial charge in [0.25, 0.3) is 5.56 Å². The molecule has 3 atom stereocenters. The predicted octanol–water partition coefficient (Wildman–Crippen LogP) is 6.24. The molecular weight excluding hydrogens is 1030 g/mol. The van der Waals surface area contributed by atoms with Gasteiger partial charge in [-0.1, -0.05) is 57.2 Å². The Balaban J connectivity index is 0.646. The normalized spacial score (nSPS) is 20.9. The zero-order valence-electron chi connectivity index (χ0n) is 47.0. The Labute approximate surface area is 472 Å². The average Bonchev–Trinajstić information content (AvgIpc) is 4.12. The Morgan fingerprint density at radius 2 is 1.60 bits per heavy atom. The molecule has 3 amide bonds. The molecular formula is C60H77N13O6S. The third kappa shape index (κ3) is 12.7. The third-order valence-corrected chi connectivity index (χ3v) is 17.5. The van der Waals surface area contributed by atoms with Crippen LogP contribution in [0.5, 0.6) is 0 Å². The molecule has 3 aliphatic heterocycles. The van der Waals surface area contributed by atoms with Crippen molar-refractivity contribution in [2.45, 2.75) is 111 Å². The summed E-state index contributed by atoms with van der Waals surface area (Å²) in [5, 5.41) is 31.1. The number of carbonyl (C=O) groups excluding carboxylic acids is 3. The molecule has 7 heterocycles.